The van der Waals surface area contributed by atoms with Crippen LogP contribution in [0.4, 0.5) is 5.69 Å². The maximum atomic E-state index is 5.67. The van der Waals surface area contributed by atoms with Gasteiger partial charge >= 0.3 is 0 Å². The van der Waals surface area contributed by atoms with Crippen LogP contribution in [0.15, 0.2) is 29.4 Å². The number of anilines is 1. The Morgan fingerprint density at radius 1 is 1.32 bits per heavy atom. The Morgan fingerprint density at radius 3 is 2.68 bits per heavy atom. The van der Waals surface area contributed by atoms with Crippen LogP contribution in [0.25, 0.3) is 0 Å². The number of thiocarbonyl (C=S) groups is 1. The van der Waals surface area contributed by atoms with Crippen molar-refractivity contribution in [2.75, 3.05) is 45.1 Å². The number of hydrogen-bond acceptors (Lipinski definition) is 5. The molecular formula is C15H23N5OS. The van der Waals surface area contributed by atoms with Gasteiger partial charge in [0.1, 0.15) is 0 Å². The van der Waals surface area contributed by atoms with Gasteiger partial charge in [0.05, 0.1) is 18.9 Å². The second-order valence-electron chi connectivity index (χ2n) is 5.14. The van der Waals surface area contributed by atoms with Gasteiger partial charge in [-0.3, -0.25) is 10.3 Å². The van der Waals surface area contributed by atoms with Gasteiger partial charge in [-0.25, -0.2) is 0 Å². The molecule has 1 aliphatic rings. The maximum Gasteiger partial charge on any atom is 0.187 e. The summed E-state index contributed by atoms with van der Waals surface area (Å²) in [6, 6.07) is 7.58. The molecule has 0 aliphatic carbocycles. The van der Waals surface area contributed by atoms with Crippen LogP contribution in [0.1, 0.15) is 12.5 Å². The van der Waals surface area contributed by atoms with Crippen molar-refractivity contribution in [1.29, 1.82) is 0 Å². The van der Waals surface area contributed by atoms with E-state index in [1.807, 2.05) is 31.2 Å². The molecule has 2 rings (SSSR count). The largest absolute Gasteiger partial charge is 0.399 e. The summed E-state index contributed by atoms with van der Waals surface area (Å²) in [5.74, 6) is 0. The number of rotatable bonds is 5. The van der Waals surface area contributed by atoms with Crippen LogP contribution in [0, 0.1) is 0 Å². The van der Waals surface area contributed by atoms with E-state index in [2.05, 4.69) is 20.7 Å². The second kappa shape index (κ2) is 8.67. The molecule has 4 N–H and O–H groups in total. The summed E-state index contributed by atoms with van der Waals surface area (Å²) < 4.78 is 5.32. The van der Waals surface area contributed by atoms with Crippen molar-refractivity contribution in [3.63, 3.8) is 0 Å². The van der Waals surface area contributed by atoms with Crippen molar-refractivity contribution >= 4 is 28.7 Å². The van der Waals surface area contributed by atoms with Gasteiger partial charge in [0, 0.05) is 31.9 Å². The molecule has 22 heavy (non-hydrogen) atoms. The lowest BCUT2D eigenvalue weighted by Gasteiger charge is -2.26. The Balaban J connectivity index is 1.69. The van der Waals surface area contributed by atoms with Crippen molar-refractivity contribution in [2.45, 2.75) is 6.92 Å². The molecule has 0 aromatic heterocycles. The molecule has 7 heteroatoms. The first-order valence-corrected chi connectivity index (χ1v) is 7.80. The Morgan fingerprint density at radius 2 is 2.00 bits per heavy atom. The van der Waals surface area contributed by atoms with E-state index in [0.29, 0.717) is 5.11 Å². The summed E-state index contributed by atoms with van der Waals surface area (Å²) in [4.78, 5) is 2.35. The molecule has 1 fully saturated rings. The summed E-state index contributed by atoms with van der Waals surface area (Å²) in [7, 11) is 0. The highest BCUT2D eigenvalue weighted by atomic mass is 32.1. The zero-order valence-corrected chi connectivity index (χ0v) is 13.7. The lowest BCUT2D eigenvalue weighted by Crippen LogP contribution is -2.42. The molecule has 0 spiro atoms. The average Bonchev–Trinajstić information content (AvgIpc) is 2.54. The number of benzene rings is 1. The minimum absolute atomic E-state index is 0.531. The fourth-order valence-electron chi connectivity index (χ4n) is 2.12. The van der Waals surface area contributed by atoms with E-state index in [4.69, 9.17) is 22.7 Å². The van der Waals surface area contributed by atoms with Crippen molar-refractivity contribution in [3.8, 4) is 0 Å². The summed E-state index contributed by atoms with van der Waals surface area (Å²) in [5.41, 5.74) is 11.1. The van der Waals surface area contributed by atoms with E-state index < -0.39 is 0 Å². The summed E-state index contributed by atoms with van der Waals surface area (Å²) in [6.07, 6.45) is 0. The summed E-state index contributed by atoms with van der Waals surface area (Å²) in [5, 5.41) is 7.97. The quantitative estimate of drug-likeness (QED) is 0.322. The third-order valence-electron chi connectivity index (χ3n) is 3.47. The molecule has 0 unspecified atom stereocenters. The number of hydrogen-bond donors (Lipinski definition) is 3. The number of hydrazone groups is 1. The minimum Gasteiger partial charge on any atom is -0.399 e. The van der Waals surface area contributed by atoms with Crippen LogP contribution in [0.3, 0.4) is 0 Å². The van der Waals surface area contributed by atoms with E-state index >= 15 is 0 Å². The molecule has 0 bridgehead atoms. The SMILES string of the molecule is C/C(=N/NC(=S)NCCN1CCOCC1)c1ccc(N)cc1. The lowest BCUT2D eigenvalue weighted by molar-refractivity contribution is 0.0389. The summed E-state index contributed by atoms with van der Waals surface area (Å²) in [6.45, 7) is 7.26. The maximum absolute atomic E-state index is 5.67. The third-order valence-corrected chi connectivity index (χ3v) is 3.71. The van der Waals surface area contributed by atoms with Gasteiger partial charge < -0.3 is 15.8 Å². The van der Waals surface area contributed by atoms with Crippen LogP contribution in [-0.4, -0.2) is 55.1 Å². The van der Waals surface area contributed by atoms with Gasteiger partial charge in [-0.1, -0.05) is 12.1 Å². The van der Waals surface area contributed by atoms with E-state index in [1.165, 1.54) is 0 Å². The van der Waals surface area contributed by atoms with E-state index in [1.54, 1.807) is 0 Å². The van der Waals surface area contributed by atoms with Crippen LogP contribution >= 0.6 is 12.2 Å². The van der Waals surface area contributed by atoms with Crippen LogP contribution in [0.2, 0.25) is 0 Å². The second-order valence-corrected chi connectivity index (χ2v) is 5.55. The van der Waals surface area contributed by atoms with Crippen molar-refractivity contribution in [3.05, 3.63) is 29.8 Å². The van der Waals surface area contributed by atoms with Crippen LogP contribution in [0.5, 0.6) is 0 Å². The molecule has 1 saturated heterocycles. The van der Waals surface area contributed by atoms with Gasteiger partial charge in [-0.2, -0.15) is 5.10 Å². The fraction of sp³-hybridized carbons (Fsp3) is 0.467. The summed E-state index contributed by atoms with van der Waals surface area (Å²) >= 11 is 5.22. The molecule has 1 heterocycles. The standard InChI is InChI=1S/C15H23N5OS/c1-12(13-2-4-14(16)5-3-13)18-19-15(22)17-6-7-20-8-10-21-11-9-20/h2-5H,6-11,16H2,1H3,(H2,17,19,22)/b18-12-. The first-order valence-electron chi connectivity index (χ1n) is 7.39. The molecule has 1 aliphatic heterocycles. The predicted molar refractivity (Wildman–Crippen MR) is 94.1 cm³/mol. The Bertz CT molecular complexity index is 511. The molecule has 0 saturated carbocycles. The number of nitrogens with two attached hydrogens (primary N) is 1. The van der Waals surface area contributed by atoms with Gasteiger partial charge in [-0.15, -0.1) is 0 Å². The molecular weight excluding hydrogens is 298 g/mol. The first-order chi connectivity index (χ1) is 10.6. The Labute approximate surface area is 136 Å². The molecule has 6 nitrogen and oxygen atoms in total. The number of nitrogens with one attached hydrogen (secondary N) is 2. The fourth-order valence-corrected chi connectivity index (χ4v) is 2.26. The van der Waals surface area contributed by atoms with E-state index in [9.17, 15) is 0 Å². The number of nitrogen functional groups attached to an aromatic ring is 1. The van der Waals surface area contributed by atoms with E-state index in [-0.39, 0.29) is 0 Å². The molecule has 120 valence electrons. The smallest absolute Gasteiger partial charge is 0.187 e. The van der Waals surface area contributed by atoms with Gasteiger partial charge in [0.2, 0.25) is 0 Å². The molecule has 1 aromatic rings. The highest BCUT2D eigenvalue weighted by Crippen LogP contribution is 2.06. The van der Waals surface area contributed by atoms with E-state index in [0.717, 1.165) is 56.4 Å². The molecule has 0 atom stereocenters. The Hall–Kier alpha value is -1.70. The normalized spacial score (nSPS) is 16.3. The predicted octanol–water partition coefficient (Wildman–Crippen LogP) is 0.789. The van der Waals surface area contributed by atoms with Crippen molar-refractivity contribution in [2.24, 2.45) is 5.10 Å². The molecule has 1 aromatic carbocycles. The average molecular weight is 321 g/mol. The lowest BCUT2D eigenvalue weighted by atomic mass is 10.1. The van der Waals surface area contributed by atoms with Crippen molar-refractivity contribution in [1.82, 2.24) is 15.6 Å². The first kappa shape index (κ1) is 16.7. The Kier molecular flexibility index (Phi) is 6.57. The van der Waals surface area contributed by atoms with Crippen LogP contribution < -0.4 is 16.5 Å². The highest BCUT2D eigenvalue weighted by Gasteiger charge is 2.09. The molecule has 0 amide bonds. The highest BCUT2D eigenvalue weighted by molar-refractivity contribution is 7.80. The third kappa shape index (κ3) is 5.59. The number of nitrogens with zero attached hydrogens (tertiary/aromatic N) is 2. The van der Waals surface area contributed by atoms with Crippen LogP contribution in [-0.2, 0) is 4.74 Å². The van der Waals surface area contributed by atoms with Gasteiger partial charge in [0.15, 0.2) is 5.11 Å². The minimum atomic E-state index is 0.531. The number of ether oxygens (including phenoxy) is 1. The monoisotopic (exact) mass is 321 g/mol. The zero-order chi connectivity index (χ0) is 15.8. The van der Waals surface area contributed by atoms with Crippen molar-refractivity contribution < 1.29 is 4.74 Å². The van der Waals surface area contributed by atoms with Gasteiger partial charge in [0.25, 0.3) is 0 Å². The topological polar surface area (TPSA) is 74.9 Å². The van der Waals surface area contributed by atoms with Gasteiger partial charge in [-0.05, 0) is 36.8 Å². The number of morpholine rings is 1. The molecule has 0 radical (unpaired) electrons. The zero-order valence-electron chi connectivity index (χ0n) is 12.8.